The van der Waals surface area contributed by atoms with Gasteiger partial charge in [0.2, 0.25) is 5.88 Å². The van der Waals surface area contributed by atoms with Crippen molar-refractivity contribution in [2.24, 2.45) is 0 Å². The number of benzene rings is 3. The molecular formula is C39H40ClFN8O3. The van der Waals surface area contributed by atoms with Crippen molar-refractivity contribution in [1.82, 2.24) is 29.8 Å². The molecule has 7 rings (SSSR count). The number of carbonyl (C=O) groups excluding carboxylic acids is 1. The Morgan fingerprint density at radius 1 is 1.19 bits per heavy atom. The Hall–Kier alpha value is -5.04. The number of carbonyl (C=O) groups is 1. The normalized spacial score (nSPS) is 20.2. The first-order chi connectivity index (χ1) is 24.9. The molecule has 13 heteroatoms. The van der Waals surface area contributed by atoms with Gasteiger partial charge >= 0.3 is 6.09 Å². The van der Waals surface area contributed by atoms with Crippen molar-refractivity contribution < 1.29 is 18.7 Å². The van der Waals surface area contributed by atoms with Gasteiger partial charge in [0, 0.05) is 23.5 Å². The number of likely N-dealkylation sites (tertiary alicyclic amines) is 2. The van der Waals surface area contributed by atoms with Gasteiger partial charge in [0.05, 0.1) is 36.2 Å². The number of ether oxygens (including phenoxy) is 2. The van der Waals surface area contributed by atoms with E-state index >= 15 is 4.39 Å². The van der Waals surface area contributed by atoms with E-state index in [1.54, 1.807) is 33.8 Å². The predicted octanol–water partition coefficient (Wildman–Crippen LogP) is 8.86. The van der Waals surface area contributed by atoms with Crippen LogP contribution in [0.15, 0.2) is 42.5 Å². The smallest absolute Gasteiger partial charge is 0.410 e. The van der Waals surface area contributed by atoms with E-state index in [1.807, 2.05) is 45.9 Å². The Balaban J connectivity index is 1.40. The first-order valence-corrected chi connectivity index (χ1v) is 18.0. The van der Waals surface area contributed by atoms with Gasteiger partial charge in [0.1, 0.15) is 22.7 Å². The molecule has 2 aromatic heterocycles. The van der Waals surface area contributed by atoms with Gasteiger partial charge in [-0.2, -0.15) is 5.26 Å². The predicted molar refractivity (Wildman–Crippen MR) is 198 cm³/mol. The van der Waals surface area contributed by atoms with Crippen LogP contribution in [0.2, 0.25) is 5.02 Å². The van der Waals surface area contributed by atoms with Gasteiger partial charge in [-0.1, -0.05) is 53.2 Å². The van der Waals surface area contributed by atoms with Crippen molar-refractivity contribution in [3.05, 3.63) is 64.7 Å². The van der Waals surface area contributed by atoms with E-state index in [1.165, 1.54) is 0 Å². The fraction of sp³-hybridized carbons (Fsp3) is 0.436. The maximum atomic E-state index is 17.3. The summed E-state index contributed by atoms with van der Waals surface area (Å²) in [5.41, 5.74) is 1.23. The molecule has 4 heterocycles. The topological polar surface area (TPSA) is 114 Å². The number of aromatic nitrogens is 4. The summed E-state index contributed by atoms with van der Waals surface area (Å²) in [6, 6.07) is 14.2. The molecule has 0 unspecified atom stereocenters. The molecule has 0 aliphatic carbocycles. The van der Waals surface area contributed by atoms with E-state index in [9.17, 15) is 10.1 Å². The van der Waals surface area contributed by atoms with Crippen LogP contribution >= 0.6 is 11.6 Å². The number of nitriles is 1. The Morgan fingerprint density at radius 2 is 1.96 bits per heavy atom. The number of nitrogens with zero attached hydrogens (tertiary/aromatic N) is 8. The van der Waals surface area contributed by atoms with Crippen LogP contribution in [-0.4, -0.2) is 79.8 Å². The van der Waals surface area contributed by atoms with Crippen molar-refractivity contribution in [2.75, 3.05) is 20.1 Å². The molecule has 2 aliphatic heterocycles. The summed E-state index contributed by atoms with van der Waals surface area (Å²) in [5.74, 6) is -0.490. The minimum atomic E-state index is -0.689. The lowest BCUT2D eigenvalue weighted by atomic mass is 9.94. The molecule has 2 fully saturated rings. The van der Waals surface area contributed by atoms with Gasteiger partial charge in [0.25, 0.3) is 0 Å². The van der Waals surface area contributed by atoms with Gasteiger partial charge in [-0.3, -0.25) is 4.90 Å². The number of piperidine rings is 1. The number of fused-ring (bicyclic) bond motifs is 4. The van der Waals surface area contributed by atoms with E-state index < -0.39 is 23.6 Å². The second kappa shape index (κ2) is 13.8. The third-order valence-electron chi connectivity index (χ3n) is 10.2. The molecule has 11 nitrogen and oxygen atoms in total. The Kier molecular flexibility index (Phi) is 9.41. The first kappa shape index (κ1) is 35.4. The molecule has 0 N–H and O–H groups in total. The van der Waals surface area contributed by atoms with Crippen LogP contribution in [0.5, 0.6) is 5.88 Å². The van der Waals surface area contributed by atoms with Crippen molar-refractivity contribution in [3.63, 3.8) is 0 Å². The van der Waals surface area contributed by atoms with Gasteiger partial charge in [-0.25, -0.2) is 23.7 Å². The molecule has 1 amide bonds. The molecule has 3 aromatic carbocycles. The molecule has 268 valence electrons. The van der Waals surface area contributed by atoms with Crippen LogP contribution in [0, 0.1) is 23.7 Å². The van der Waals surface area contributed by atoms with E-state index in [0.29, 0.717) is 52.4 Å². The first-order valence-electron chi connectivity index (χ1n) is 17.6. The van der Waals surface area contributed by atoms with Crippen molar-refractivity contribution in [1.29, 1.82) is 5.26 Å². The lowest BCUT2D eigenvalue weighted by Crippen LogP contribution is -2.48. The maximum absolute atomic E-state index is 17.3. The number of amides is 1. The van der Waals surface area contributed by atoms with E-state index in [-0.39, 0.29) is 46.6 Å². The summed E-state index contributed by atoms with van der Waals surface area (Å²) in [4.78, 5) is 25.5. The summed E-state index contributed by atoms with van der Waals surface area (Å²) < 4.78 is 31.3. The Morgan fingerprint density at radius 3 is 2.65 bits per heavy atom. The molecule has 0 bridgehead atoms. The summed E-state index contributed by atoms with van der Waals surface area (Å²) in [7, 11) is 2.06. The highest BCUT2D eigenvalue weighted by atomic mass is 35.5. The lowest BCUT2D eigenvalue weighted by molar-refractivity contribution is 0.00557. The zero-order valence-electron chi connectivity index (χ0n) is 29.9. The third kappa shape index (κ3) is 6.35. The average molecular weight is 723 g/mol. The van der Waals surface area contributed by atoms with Crippen molar-refractivity contribution >= 4 is 56.1 Å². The van der Waals surface area contributed by atoms with Crippen LogP contribution in [0.4, 0.5) is 14.9 Å². The van der Waals surface area contributed by atoms with Gasteiger partial charge in [-0.15, -0.1) is 5.10 Å². The molecule has 2 saturated heterocycles. The van der Waals surface area contributed by atoms with Crippen LogP contribution in [0.1, 0.15) is 65.8 Å². The molecule has 4 atom stereocenters. The van der Waals surface area contributed by atoms with Crippen LogP contribution in [-0.2, 0) is 4.74 Å². The molecule has 0 saturated carbocycles. The average Bonchev–Trinajstić information content (AvgIpc) is 3.75. The summed E-state index contributed by atoms with van der Waals surface area (Å²) in [6.45, 7) is 16.5. The number of hydrogen-bond acceptors (Lipinski definition) is 8. The van der Waals surface area contributed by atoms with Gasteiger partial charge in [-0.05, 0) is 89.4 Å². The number of halogens is 2. The number of likely N-dealkylation sites (N-methyl/N-ethyl adjacent to an activating group) is 1. The van der Waals surface area contributed by atoms with E-state index in [0.717, 1.165) is 24.8 Å². The van der Waals surface area contributed by atoms with E-state index in [4.69, 9.17) is 32.6 Å². The Bertz CT molecular complexity index is 2280. The molecule has 0 radical (unpaired) electrons. The zero-order valence-corrected chi connectivity index (χ0v) is 30.6. The molecular weight excluding hydrogens is 683 g/mol. The minimum Gasteiger partial charge on any atom is -0.471 e. The summed E-state index contributed by atoms with van der Waals surface area (Å²) >= 11 is 7.02. The van der Waals surface area contributed by atoms with Crippen LogP contribution < -0.4 is 4.74 Å². The van der Waals surface area contributed by atoms with Crippen molar-refractivity contribution in [3.8, 4) is 23.1 Å². The molecule has 2 aliphatic rings. The second-order valence-electron chi connectivity index (χ2n) is 14.8. The van der Waals surface area contributed by atoms with Gasteiger partial charge < -0.3 is 14.4 Å². The fourth-order valence-electron chi connectivity index (χ4n) is 7.84. The zero-order chi connectivity index (χ0) is 36.9. The number of pyridine rings is 1. The van der Waals surface area contributed by atoms with Crippen LogP contribution in [0.25, 0.3) is 48.7 Å². The van der Waals surface area contributed by atoms with Crippen LogP contribution in [0.3, 0.4) is 0 Å². The molecule has 52 heavy (non-hydrogen) atoms. The highest BCUT2D eigenvalue weighted by molar-refractivity contribution is 6.35. The second-order valence-corrected chi connectivity index (χ2v) is 15.2. The lowest BCUT2D eigenvalue weighted by Gasteiger charge is -2.39. The van der Waals surface area contributed by atoms with E-state index in [2.05, 4.69) is 33.2 Å². The standard InChI is InChI=1S/C39H40ClFN8O3/c1-22(30-14-9-18-47(30)6)51-37-35-36(49(46-45-35)25-16-19-48(24(20-25)15-17-42)38(50)52-39(2,3)4)27-21-28(40)32(33(41)34(27)44-37)26-12-7-10-23-11-8-13-29(43-5)31(23)26/h7-8,10-13,21-22,24-25,30H,9,14-16,18-20H2,1-4,6H3/t22-,24+,25-,30-/m0/s1. The Labute approximate surface area is 306 Å². The quantitative estimate of drug-likeness (QED) is 0.160. The SMILES string of the molecule is [C-]#[N+]c1cccc2cccc(-c3c(Cl)cc4c(nc(O[C@@H](C)[C@@H]5CCCN5C)c5nnn([C@H]6CCN(C(=O)OC(C)(C)C)[C@H](CC#N)C6)c54)c3F)c12. The monoisotopic (exact) mass is 722 g/mol. The maximum Gasteiger partial charge on any atom is 0.410 e. The highest BCUT2D eigenvalue weighted by Gasteiger charge is 2.37. The number of rotatable bonds is 6. The van der Waals surface area contributed by atoms with Gasteiger partial charge in [0.15, 0.2) is 17.0 Å². The highest BCUT2D eigenvalue weighted by Crippen LogP contribution is 2.44. The van der Waals surface area contributed by atoms with Crippen molar-refractivity contribution in [2.45, 2.75) is 89.6 Å². The fourth-order valence-corrected chi connectivity index (χ4v) is 8.14. The number of hydrogen-bond donors (Lipinski definition) is 0. The summed E-state index contributed by atoms with van der Waals surface area (Å²) in [5, 5.41) is 20.8. The summed E-state index contributed by atoms with van der Waals surface area (Å²) in [6.07, 6.45) is 2.25. The third-order valence-corrected chi connectivity index (χ3v) is 10.5. The molecule has 5 aromatic rings. The minimum absolute atomic E-state index is 0.0366. The largest absolute Gasteiger partial charge is 0.471 e. The molecule has 0 spiro atoms.